The van der Waals surface area contributed by atoms with E-state index in [1.165, 1.54) is 12.1 Å². The number of hydrogen-bond acceptors (Lipinski definition) is 2. The van der Waals surface area contributed by atoms with E-state index in [1.54, 1.807) is 0 Å². The van der Waals surface area contributed by atoms with Gasteiger partial charge >= 0.3 is 0 Å². The van der Waals surface area contributed by atoms with Gasteiger partial charge in [-0.05, 0) is 31.2 Å². The van der Waals surface area contributed by atoms with Crippen LogP contribution in [0.5, 0.6) is 0 Å². The molecule has 1 amide bonds. The third kappa shape index (κ3) is 2.51. The zero-order chi connectivity index (χ0) is 11.5. The van der Waals surface area contributed by atoms with Crippen molar-refractivity contribution in [1.82, 2.24) is 10.6 Å². The summed E-state index contributed by atoms with van der Waals surface area (Å²) in [6, 6.07) is 3.90. The molecule has 0 spiro atoms. The van der Waals surface area contributed by atoms with Crippen molar-refractivity contribution in [3.05, 3.63) is 34.6 Å². The molecule has 16 heavy (non-hydrogen) atoms. The highest BCUT2D eigenvalue weighted by atomic mass is 35.5. The van der Waals surface area contributed by atoms with E-state index in [9.17, 15) is 9.18 Å². The van der Waals surface area contributed by atoms with Gasteiger partial charge in [-0.2, -0.15) is 0 Å². The third-order valence-corrected chi connectivity index (χ3v) is 2.88. The average molecular weight is 243 g/mol. The van der Waals surface area contributed by atoms with E-state index in [1.807, 2.05) is 0 Å². The van der Waals surface area contributed by atoms with Crippen LogP contribution in [0.15, 0.2) is 18.2 Å². The molecule has 1 aromatic carbocycles. The molecule has 2 rings (SSSR count). The molecular weight excluding hydrogens is 231 g/mol. The Balaban J connectivity index is 2.08. The van der Waals surface area contributed by atoms with E-state index in [0.717, 1.165) is 25.6 Å². The molecule has 1 fully saturated rings. The summed E-state index contributed by atoms with van der Waals surface area (Å²) in [5.41, 5.74) is 0.315. The Morgan fingerprint density at radius 1 is 1.56 bits per heavy atom. The van der Waals surface area contributed by atoms with Gasteiger partial charge in [0.25, 0.3) is 5.91 Å². The molecule has 1 saturated heterocycles. The molecule has 0 bridgehead atoms. The van der Waals surface area contributed by atoms with Gasteiger partial charge in [-0.3, -0.25) is 4.79 Å². The predicted octanol–water partition coefficient (Wildman–Crippen LogP) is 1.57. The first-order valence-corrected chi connectivity index (χ1v) is 5.51. The van der Waals surface area contributed by atoms with Gasteiger partial charge in [-0.1, -0.05) is 11.6 Å². The van der Waals surface area contributed by atoms with E-state index in [0.29, 0.717) is 5.56 Å². The fourth-order valence-electron chi connectivity index (χ4n) is 1.71. The monoisotopic (exact) mass is 242 g/mol. The predicted molar refractivity (Wildman–Crippen MR) is 60.2 cm³/mol. The summed E-state index contributed by atoms with van der Waals surface area (Å²) in [5.74, 6) is -0.692. The first-order valence-electron chi connectivity index (χ1n) is 5.13. The quantitative estimate of drug-likeness (QED) is 0.827. The van der Waals surface area contributed by atoms with Crippen LogP contribution in [0.4, 0.5) is 4.39 Å². The van der Waals surface area contributed by atoms with Gasteiger partial charge in [0.1, 0.15) is 5.82 Å². The van der Waals surface area contributed by atoms with Crippen molar-refractivity contribution in [2.24, 2.45) is 0 Å². The third-order valence-electron chi connectivity index (χ3n) is 2.57. The molecule has 0 radical (unpaired) electrons. The van der Waals surface area contributed by atoms with Crippen LogP contribution in [-0.2, 0) is 0 Å². The molecule has 1 heterocycles. The maximum atomic E-state index is 12.8. The SMILES string of the molecule is O=C(NC1CCNC1)c1ccc(F)cc1Cl. The lowest BCUT2D eigenvalue weighted by Gasteiger charge is -2.11. The van der Waals surface area contributed by atoms with Crippen LogP contribution in [0.25, 0.3) is 0 Å². The number of benzene rings is 1. The minimum atomic E-state index is -0.441. The number of rotatable bonds is 2. The molecule has 5 heteroatoms. The molecule has 1 aliphatic heterocycles. The molecule has 1 aromatic rings. The van der Waals surface area contributed by atoms with Gasteiger partial charge in [0.05, 0.1) is 10.6 Å². The molecule has 3 nitrogen and oxygen atoms in total. The van der Waals surface area contributed by atoms with Crippen molar-refractivity contribution in [1.29, 1.82) is 0 Å². The summed E-state index contributed by atoms with van der Waals surface area (Å²) in [6.07, 6.45) is 0.907. The number of amides is 1. The number of hydrogen-bond donors (Lipinski definition) is 2. The number of halogens is 2. The minimum absolute atomic E-state index is 0.133. The molecule has 0 saturated carbocycles. The van der Waals surface area contributed by atoms with Gasteiger partial charge in [0.15, 0.2) is 0 Å². The summed E-state index contributed by atoms with van der Waals surface area (Å²) in [7, 11) is 0. The van der Waals surface area contributed by atoms with E-state index in [-0.39, 0.29) is 17.0 Å². The van der Waals surface area contributed by atoms with Crippen LogP contribution in [0, 0.1) is 5.82 Å². The molecular formula is C11H12ClFN2O. The lowest BCUT2D eigenvalue weighted by atomic mass is 10.2. The molecule has 0 aromatic heterocycles. The Bertz CT molecular complexity index is 405. The van der Waals surface area contributed by atoms with Gasteiger partial charge in [-0.25, -0.2) is 4.39 Å². The molecule has 2 N–H and O–H groups in total. The van der Waals surface area contributed by atoms with Crippen LogP contribution >= 0.6 is 11.6 Å². The Hall–Kier alpha value is -1.13. The highest BCUT2D eigenvalue weighted by Crippen LogP contribution is 2.17. The molecule has 86 valence electrons. The second-order valence-electron chi connectivity index (χ2n) is 3.79. The Morgan fingerprint density at radius 2 is 2.38 bits per heavy atom. The Kier molecular flexibility index (Phi) is 3.41. The van der Waals surface area contributed by atoms with E-state index < -0.39 is 5.82 Å². The smallest absolute Gasteiger partial charge is 0.253 e. The molecule has 1 aliphatic rings. The van der Waals surface area contributed by atoms with E-state index in [2.05, 4.69) is 10.6 Å². The average Bonchev–Trinajstić information content (AvgIpc) is 2.70. The molecule has 1 atom stereocenters. The molecule has 0 aliphatic carbocycles. The van der Waals surface area contributed by atoms with Crippen molar-refractivity contribution in [3.63, 3.8) is 0 Å². The normalized spacial score (nSPS) is 19.8. The second kappa shape index (κ2) is 4.80. The van der Waals surface area contributed by atoms with Crippen LogP contribution < -0.4 is 10.6 Å². The van der Waals surface area contributed by atoms with Crippen LogP contribution in [-0.4, -0.2) is 25.0 Å². The second-order valence-corrected chi connectivity index (χ2v) is 4.19. The first-order chi connectivity index (χ1) is 7.66. The van der Waals surface area contributed by atoms with Crippen molar-refractivity contribution in [3.8, 4) is 0 Å². The van der Waals surface area contributed by atoms with Crippen molar-refractivity contribution >= 4 is 17.5 Å². The van der Waals surface area contributed by atoms with E-state index >= 15 is 0 Å². The van der Waals surface area contributed by atoms with Gasteiger partial charge in [-0.15, -0.1) is 0 Å². The Labute approximate surface area is 98.0 Å². The zero-order valence-electron chi connectivity index (χ0n) is 8.59. The fourth-order valence-corrected chi connectivity index (χ4v) is 1.97. The summed E-state index contributed by atoms with van der Waals surface area (Å²) in [5, 5.41) is 6.13. The maximum absolute atomic E-state index is 12.8. The van der Waals surface area contributed by atoms with E-state index in [4.69, 9.17) is 11.6 Å². The fraction of sp³-hybridized carbons (Fsp3) is 0.364. The molecule has 1 unspecified atom stereocenters. The highest BCUT2D eigenvalue weighted by molar-refractivity contribution is 6.33. The lowest BCUT2D eigenvalue weighted by Crippen LogP contribution is -2.36. The summed E-state index contributed by atoms with van der Waals surface area (Å²) in [4.78, 5) is 11.8. The van der Waals surface area contributed by atoms with Gasteiger partial charge in [0.2, 0.25) is 0 Å². The summed E-state index contributed by atoms with van der Waals surface area (Å²) >= 11 is 5.79. The zero-order valence-corrected chi connectivity index (χ0v) is 9.35. The summed E-state index contributed by atoms with van der Waals surface area (Å²) < 4.78 is 12.8. The first kappa shape index (κ1) is 11.4. The van der Waals surface area contributed by atoms with Crippen LogP contribution in [0.1, 0.15) is 16.8 Å². The van der Waals surface area contributed by atoms with Crippen molar-refractivity contribution in [2.75, 3.05) is 13.1 Å². The van der Waals surface area contributed by atoms with Gasteiger partial charge in [0, 0.05) is 12.6 Å². The summed E-state index contributed by atoms with van der Waals surface area (Å²) in [6.45, 7) is 1.67. The van der Waals surface area contributed by atoms with Gasteiger partial charge < -0.3 is 10.6 Å². The number of carbonyl (C=O) groups is 1. The lowest BCUT2D eigenvalue weighted by molar-refractivity contribution is 0.0940. The Morgan fingerprint density at radius 3 is 3.00 bits per heavy atom. The van der Waals surface area contributed by atoms with Crippen LogP contribution in [0.2, 0.25) is 5.02 Å². The van der Waals surface area contributed by atoms with Crippen molar-refractivity contribution < 1.29 is 9.18 Å². The number of nitrogens with one attached hydrogen (secondary N) is 2. The van der Waals surface area contributed by atoms with Crippen LogP contribution in [0.3, 0.4) is 0 Å². The standard InChI is InChI=1S/C11H12ClFN2O/c12-10-5-7(13)1-2-9(10)11(16)15-8-3-4-14-6-8/h1-2,5,8,14H,3-4,6H2,(H,15,16). The minimum Gasteiger partial charge on any atom is -0.348 e. The van der Waals surface area contributed by atoms with Crippen molar-refractivity contribution in [2.45, 2.75) is 12.5 Å². The maximum Gasteiger partial charge on any atom is 0.253 e. The number of carbonyl (C=O) groups excluding carboxylic acids is 1. The largest absolute Gasteiger partial charge is 0.348 e. The highest BCUT2D eigenvalue weighted by Gasteiger charge is 2.19. The topological polar surface area (TPSA) is 41.1 Å².